The number of H-pyrrole nitrogens is 1. The van der Waals surface area contributed by atoms with E-state index in [9.17, 15) is 15.2 Å². The number of fused-ring (bicyclic) bond motifs is 1. The molecule has 0 fully saturated rings. The summed E-state index contributed by atoms with van der Waals surface area (Å²) in [6.45, 7) is 0. The Kier molecular flexibility index (Phi) is 3.88. The number of nitriles is 1. The number of aromatic nitrogens is 1. The maximum atomic E-state index is 12.6. The van der Waals surface area contributed by atoms with Gasteiger partial charge in [0.2, 0.25) is 5.78 Å². The third-order valence-corrected chi connectivity index (χ3v) is 3.67. The molecule has 5 heteroatoms. The lowest BCUT2D eigenvalue weighted by molar-refractivity contribution is 0.104. The summed E-state index contributed by atoms with van der Waals surface area (Å²) >= 11 is 5.93. The van der Waals surface area contributed by atoms with Crippen LogP contribution in [0, 0.1) is 11.3 Å². The van der Waals surface area contributed by atoms with Crippen LogP contribution < -0.4 is 0 Å². The van der Waals surface area contributed by atoms with Crippen molar-refractivity contribution >= 4 is 34.4 Å². The SMILES string of the molecule is N#CC(=Cc1cccc(O)c1)C(=O)c1c[nH]c2cc(Cl)ccc12. The minimum Gasteiger partial charge on any atom is -0.508 e. The van der Waals surface area contributed by atoms with E-state index in [1.54, 1.807) is 36.5 Å². The van der Waals surface area contributed by atoms with E-state index < -0.39 is 0 Å². The second-order valence-electron chi connectivity index (χ2n) is 4.99. The summed E-state index contributed by atoms with van der Waals surface area (Å²) < 4.78 is 0. The average molecular weight is 323 g/mol. The predicted molar refractivity (Wildman–Crippen MR) is 89.3 cm³/mol. The molecule has 0 saturated carbocycles. The fourth-order valence-corrected chi connectivity index (χ4v) is 2.53. The lowest BCUT2D eigenvalue weighted by atomic mass is 10.0. The highest BCUT2D eigenvalue weighted by Crippen LogP contribution is 2.25. The van der Waals surface area contributed by atoms with Crippen LogP contribution in [0.5, 0.6) is 5.75 Å². The van der Waals surface area contributed by atoms with Gasteiger partial charge in [-0.2, -0.15) is 5.26 Å². The summed E-state index contributed by atoms with van der Waals surface area (Å²) in [5, 5.41) is 20.1. The van der Waals surface area contributed by atoms with Gasteiger partial charge in [0.25, 0.3) is 0 Å². The zero-order valence-corrected chi connectivity index (χ0v) is 12.6. The number of benzene rings is 2. The van der Waals surface area contributed by atoms with E-state index in [0.29, 0.717) is 21.5 Å². The van der Waals surface area contributed by atoms with Gasteiger partial charge in [-0.1, -0.05) is 29.8 Å². The van der Waals surface area contributed by atoms with Crippen LogP contribution >= 0.6 is 11.6 Å². The first-order chi connectivity index (χ1) is 11.1. The molecule has 0 aliphatic carbocycles. The Balaban J connectivity index is 2.04. The summed E-state index contributed by atoms with van der Waals surface area (Å²) in [6, 6.07) is 13.4. The number of phenols is 1. The Labute approximate surface area is 137 Å². The van der Waals surface area contributed by atoms with E-state index in [1.165, 1.54) is 18.2 Å². The highest BCUT2D eigenvalue weighted by Gasteiger charge is 2.16. The number of phenolic OH excluding ortho intramolecular Hbond substituents is 1. The van der Waals surface area contributed by atoms with Crippen molar-refractivity contribution in [1.82, 2.24) is 4.98 Å². The molecule has 0 aliphatic rings. The monoisotopic (exact) mass is 322 g/mol. The van der Waals surface area contributed by atoms with Crippen LogP contribution in [0.4, 0.5) is 0 Å². The predicted octanol–water partition coefficient (Wildman–Crippen LogP) is 4.32. The molecule has 0 amide bonds. The first-order valence-electron chi connectivity index (χ1n) is 6.80. The molecule has 3 rings (SSSR count). The van der Waals surface area contributed by atoms with Gasteiger partial charge in [0.05, 0.1) is 0 Å². The third-order valence-electron chi connectivity index (χ3n) is 3.43. The molecule has 0 unspecified atom stereocenters. The molecule has 0 radical (unpaired) electrons. The lowest BCUT2D eigenvalue weighted by Crippen LogP contribution is -2.01. The van der Waals surface area contributed by atoms with E-state index in [0.717, 1.165) is 5.52 Å². The lowest BCUT2D eigenvalue weighted by Gasteiger charge is -2.00. The summed E-state index contributed by atoms with van der Waals surface area (Å²) in [5.74, 6) is -0.311. The van der Waals surface area contributed by atoms with Gasteiger partial charge < -0.3 is 10.1 Å². The van der Waals surface area contributed by atoms with Crippen LogP contribution in [0.1, 0.15) is 15.9 Å². The molecular weight excluding hydrogens is 312 g/mol. The fourth-order valence-electron chi connectivity index (χ4n) is 2.36. The number of aromatic amines is 1. The molecule has 2 N–H and O–H groups in total. The number of ketones is 1. The first-order valence-corrected chi connectivity index (χ1v) is 7.18. The van der Waals surface area contributed by atoms with E-state index in [2.05, 4.69) is 4.98 Å². The summed E-state index contributed by atoms with van der Waals surface area (Å²) in [7, 11) is 0. The Hall–Kier alpha value is -3.03. The zero-order chi connectivity index (χ0) is 16.4. The number of hydrogen-bond acceptors (Lipinski definition) is 3. The average Bonchev–Trinajstić information content (AvgIpc) is 2.95. The molecule has 0 saturated heterocycles. The number of hydrogen-bond donors (Lipinski definition) is 2. The number of nitrogens with one attached hydrogen (secondary N) is 1. The van der Waals surface area contributed by atoms with Gasteiger partial charge in [-0.3, -0.25) is 4.79 Å². The number of carbonyl (C=O) groups excluding carboxylic acids is 1. The molecule has 2 aromatic carbocycles. The standard InChI is InChI=1S/C18H11ClN2O2/c19-13-4-5-15-16(10-21-17(15)8-13)18(23)12(9-20)6-11-2-1-3-14(22)7-11/h1-8,10,21-22H. The number of nitrogens with zero attached hydrogens (tertiary/aromatic N) is 1. The Bertz CT molecular complexity index is 980. The van der Waals surface area contributed by atoms with Crippen LogP contribution in [-0.4, -0.2) is 15.9 Å². The van der Waals surface area contributed by atoms with Crippen LogP contribution in [0.25, 0.3) is 17.0 Å². The minimum atomic E-state index is -0.385. The molecule has 0 bridgehead atoms. The van der Waals surface area contributed by atoms with E-state index >= 15 is 0 Å². The van der Waals surface area contributed by atoms with E-state index in [1.807, 2.05) is 6.07 Å². The number of Topliss-reactive ketones (excluding diaryl/α,β-unsaturated/α-hetero) is 1. The Morgan fingerprint density at radius 2 is 2.09 bits per heavy atom. The Morgan fingerprint density at radius 3 is 2.83 bits per heavy atom. The zero-order valence-electron chi connectivity index (χ0n) is 11.9. The maximum absolute atomic E-state index is 12.6. The van der Waals surface area contributed by atoms with Crippen molar-refractivity contribution < 1.29 is 9.90 Å². The van der Waals surface area contributed by atoms with Crippen molar-refractivity contribution in [2.45, 2.75) is 0 Å². The largest absolute Gasteiger partial charge is 0.508 e. The molecule has 0 atom stereocenters. The normalized spacial score (nSPS) is 11.4. The summed E-state index contributed by atoms with van der Waals surface area (Å²) in [4.78, 5) is 15.6. The summed E-state index contributed by atoms with van der Waals surface area (Å²) in [6.07, 6.45) is 3.02. The maximum Gasteiger partial charge on any atom is 0.205 e. The van der Waals surface area contributed by atoms with Crippen molar-refractivity contribution in [2.24, 2.45) is 0 Å². The molecule has 23 heavy (non-hydrogen) atoms. The number of halogens is 1. The van der Waals surface area contributed by atoms with Gasteiger partial charge in [0.15, 0.2) is 0 Å². The highest BCUT2D eigenvalue weighted by molar-refractivity contribution is 6.31. The van der Waals surface area contributed by atoms with Gasteiger partial charge in [-0.15, -0.1) is 0 Å². The highest BCUT2D eigenvalue weighted by atomic mass is 35.5. The molecule has 0 aliphatic heterocycles. The van der Waals surface area contributed by atoms with Crippen LogP contribution in [0.3, 0.4) is 0 Å². The van der Waals surface area contributed by atoms with Crippen molar-refractivity contribution in [3.05, 3.63) is 70.4 Å². The number of aromatic hydroxyl groups is 1. The van der Waals surface area contributed by atoms with Crippen molar-refractivity contribution in [3.63, 3.8) is 0 Å². The van der Waals surface area contributed by atoms with Gasteiger partial charge in [0, 0.05) is 27.7 Å². The van der Waals surface area contributed by atoms with Crippen molar-refractivity contribution in [3.8, 4) is 11.8 Å². The minimum absolute atomic E-state index is 0.00792. The molecular formula is C18H11ClN2O2. The quantitative estimate of drug-likeness (QED) is 0.428. The van der Waals surface area contributed by atoms with Crippen molar-refractivity contribution in [2.75, 3.05) is 0 Å². The number of rotatable bonds is 3. The third kappa shape index (κ3) is 2.96. The number of carbonyl (C=O) groups is 1. The van der Waals surface area contributed by atoms with Crippen LogP contribution in [-0.2, 0) is 0 Å². The van der Waals surface area contributed by atoms with Crippen LogP contribution in [0.2, 0.25) is 5.02 Å². The number of allylic oxidation sites excluding steroid dienone is 1. The van der Waals surface area contributed by atoms with Gasteiger partial charge >= 0.3 is 0 Å². The molecule has 0 spiro atoms. The fraction of sp³-hybridized carbons (Fsp3) is 0. The topological polar surface area (TPSA) is 76.9 Å². The molecule has 1 aromatic heterocycles. The summed E-state index contributed by atoms with van der Waals surface area (Å²) in [5.41, 5.74) is 1.71. The Morgan fingerprint density at radius 1 is 1.26 bits per heavy atom. The van der Waals surface area contributed by atoms with E-state index in [4.69, 9.17) is 11.6 Å². The van der Waals surface area contributed by atoms with Gasteiger partial charge in [-0.05, 0) is 35.9 Å². The second kappa shape index (κ2) is 5.99. The van der Waals surface area contributed by atoms with Gasteiger partial charge in [-0.25, -0.2) is 0 Å². The van der Waals surface area contributed by atoms with E-state index in [-0.39, 0.29) is 17.1 Å². The smallest absolute Gasteiger partial charge is 0.205 e. The molecule has 4 nitrogen and oxygen atoms in total. The molecule has 112 valence electrons. The van der Waals surface area contributed by atoms with Crippen molar-refractivity contribution in [1.29, 1.82) is 5.26 Å². The second-order valence-corrected chi connectivity index (χ2v) is 5.42. The van der Waals surface area contributed by atoms with Crippen LogP contribution in [0.15, 0.2) is 54.2 Å². The van der Waals surface area contributed by atoms with Gasteiger partial charge in [0.1, 0.15) is 17.4 Å². The first kappa shape index (κ1) is 14.9. The molecule has 1 heterocycles. The molecule has 3 aromatic rings.